The zero-order valence-electron chi connectivity index (χ0n) is 14.0. The summed E-state index contributed by atoms with van der Waals surface area (Å²) in [7, 11) is 0. The first-order chi connectivity index (χ1) is 13.1. The van der Waals surface area contributed by atoms with E-state index in [2.05, 4.69) is 26.9 Å². The maximum atomic E-state index is 13.3. The summed E-state index contributed by atoms with van der Waals surface area (Å²) in [6.07, 6.45) is 0.986. The summed E-state index contributed by atoms with van der Waals surface area (Å²) in [6.45, 7) is 4.06. The molecule has 3 aliphatic rings. The molecular formula is C18H14F2N4OS2. The number of thiophene rings is 1. The quantitative estimate of drug-likeness (QED) is 0.763. The Morgan fingerprint density at radius 3 is 2.96 bits per heavy atom. The molecule has 27 heavy (non-hydrogen) atoms. The molecule has 4 heterocycles. The van der Waals surface area contributed by atoms with E-state index in [1.165, 1.54) is 29.2 Å². The molecule has 1 amide bonds. The van der Waals surface area contributed by atoms with Gasteiger partial charge in [-0.15, -0.1) is 17.9 Å². The van der Waals surface area contributed by atoms with Crippen LogP contribution in [0.2, 0.25) is 0 Å². The molecule has 0 aromatic carbocycles. The molecule has 0 bridgehead atoms. The molecule has 1 aliphatic carbocycles. The largest absolute Gasteiger partial charge is 0.323 e. The number of nitrogens with one attached hydrogen (secondary N) is 1. The van der Waals surface area contributed by atoms with Crippen molar-refractivity contribution in [1.82, 2.24) is 4.98 Å². The molecule has 2 aliphatic heterocycles. The van der Waals surface area contributed by atoms with E-state index in [9.17, 15) is 13.6 Å². The van der Waals surface area contributed by atoms with Crippen molar-refractivity contribution in [3.8, 4) is 0 Å². The molecule has 1 saturated carbocycles. The minimum Gasteiger partial charge on any atom is -0.323 e. The lowest BCUT2D eigenvalue weighted by Crippen LogP contribution is -2.35. The van der Waals surface area contributed by atoms with Gasteiger partial charge in [0.15, 0.2) is 5.17 Å². The van der Waals surface area contributed by atoms with E-state index in [0.29, 0.717) is 27.9 Å². The summed E-state index contributed by atoms with van der Waals surface area (Å²) in [5, 5.41) is 3.84. The Morgan fingerprint density at radius 2 is 2.26 bits per heavy atom. The molecule has 1 atom stereocenters. The van der Waals surface area contributed by atoms with Crippen LogP contribution in [0.1, 0.15) is 41.3 Å². The molecule has 2 aromatic heterocycles. The topological polar surface area (TPSA) is 66.7 Å². The van der Waals surface area contributed by atoms with Crippen LogP contribution < -0.4 is 5.32 Å². The number of nitrogens with zero attached hydrogens (tertiary/aromatic N) is 3. The average Bonchev–Trinajstić information content (AvgIpc) is 3.29. The number of pyridine rings is 1. The molecule has 0 radical (unpaired) electrons. The Morgan fingerprint density at radius 1 is 1.44 bits per heavy atom. The van der Waals surface area contributed by atoms with Gasteiger partial charge in [-0.2, -0.15) is 0 Å². The molecular weight excluding hydrogens is 390 g/mol. The number of halogens is 2. The Kier molecular flexibility index (Phi) is 3.90. The molecule has 1 fully saturated rings. The van der Waals surface area contributed by atoms with Crippen LogP contribution in [0.5, 0.6) is 0 Å². The smallest absolute Gasteiger partial charge is 0.280 e. The van der Waals surface area contributed by atoms with Gasteiger partial charge < -0.3 is 5.32 Å². The summed E-state index contributed by atoms with van der Waals surface area (Å²) in [5.74, 6) is 0.0976. The highest BCUT2D eigenvalue weighted by atomic mass is 32.2. The third-order valence-electron chi connectivity index (χ3n) is 4.72. The zero-order chi connectivity index (χ0) is 18.7. The Hall–Kier alpha value is -2.13. The van der Waals surface area contributed by atoms with E-state index >= 15 is 0 Å². The van der Waals surface area contributed by atoms with Crippen LogP contribution in [0.25, 0.3) is 10.2 Å². The van der Waals surface area contributed by atoms with Gasteiger partial charge in [0.2, 0.25) is 5.91 Å². The van der Waals surface area contributed by atoms with Gasteiger partial charge in [0.25, 0.3) is 6.43 Å². The van der Waals surface area contributed by atoms with E-state index in [1.807, 2.05) is 0 Å². The summed E-state index contributed by atoms with van der Waals surface area (Å²) < 4.78 is 26.6. The average molecular weight is 404 g/mol. The van der Waals surface area contributed by atoms with Crippen molar-refractivity contribution in [3.05, 3.63) is 34.9 Å². The molecule has 5 rings (SSSR count). The number of anilines is 1. The molecule has 138 valence electrons. The first kappa shape index (κ1) is 17.0. The fraction of sp³-hybridized carbons (Fsp3) is 0.333. The number of aliphatic imine (C=N–C) groups is 2. The van der Waals surface area contributed by atoms with Crippen LogP contribution in [-0.4, -0.2) is 33.6 Å². The number of thioether (sulfide) groups is 1. The third kappa shape index (κ3) is 2.71. The number of fused-ring (bicyclic) bond motifs is 5. The number of alkyl halides is 2. The van der Waals surface area contributed by atoms with E-state index in [1.54, 1.807) is 6.08 Å². The minimum absolute atomic E-state index is 0.158. The van der Waals surface area contributed by atoms with Gasteiger partial charge in [0.05, 0.1) is 22.8 Å². The van der Waals surface area contributed by atoms with Gasteiger partial charge in [-0.1, -0.05) is 17.8 Å². The third-order valence-corrected chi connectivity index (χ3v) is 6.93. The fourth-order valence-corrected chi connectivity index (χ4v) is 5.60. The monoisotopic (exact) mass is 404 g/mol. The number of aromatic nitrogens is 1. The summed E-state index contributed by atoms with van der Waals surface area (Å²) >= 11 is 2.62. The Bertz CT molecular complexity index is 1060. The molecule has 0 spiro atoms. The highest BCUT2D eigenvalue weighted by Gasteiger charge is 2.42. The summed E-state index contributed by atoms with van der Waals surface area (Å²) in [4.78, 5) is 27.0. The normalized spacial score (nSPS) is 22.8. The molecule has 9 heteroatoms. The van der Waals surface area contributed by atoms with Crippen LogP contribution in [0.3, 0.4) is 0 Å². The van der Waals surface area contributed by atoms with Crippen LogP contribution in [-0.2, 0) is 4.79 Å². The van der Waals surface area contributed by atoms with Gasteiger partial charge in [0.1, 0.15) is 15.8 Å². The first-order valence-corrected chi connectivity index (χ1v) is 10.2. The van der Waals surface area contributed by atoms with Crippen molar-refractivity contribution in [3.63, 3.8) is 0 Å². The van der Waals surface area contributed by atoms with Crippen LogP contribution in [0, 0.1) is 0 Å². The van der Waals surface area contributed by atoms with Crippen molar-refractivity contribution < 1.29 is 13.6 Å². The van der Waals surface area contributed by atoms with Gasteiger partial charge in [-0.25, -0.2) is 18.8 Å². The van der Waals surface area contributed by atoms with Gasteiger partial charge >= 0.3 is 0 Å². The summed E-state index contributed by atoms with van der Waals surface area (Å²) in [6, 6.07) is 1.50. The number of carbonyl (C=O) groups excluding carboxylic acids is 1. The first-order valence-electron chi connectivity index (χ1n) is 8.54. The summed E-state index contributed by atoms with van der Waals surface area (Å²) in [5.41, 5.74) is 1.96. The lowest BCUT2D eigenvalue weighted by atomic mass is 10.0. The van der Waals surface area contributed by atoms with Crippen molar-refractivity contribution in [2.45, 2.75) is 30.4 Å². The lowest BCUT2D eigenvalue weighted by Gasteiger charge is -2.19. The number of carbonyl (C=O) groups is 1. The highest BCUT2D eigenvalue weighted by Crippen LogP contribution is 2.50. The van der Waals surface area contributed by atoms with Crippen molar-refractivity contribution in [2.75, 3.05) is 11.9 Å². The molecule has 0 saturated heterocycles. The maximum absolute atomic E-state index is 13.3. The molecule has 1 unspecified atom stereocenters. The Labute approximate surface area is 161 Å². The SMILES string of the molecule is C=CCN=C1N=C2c3sc4nc(C(F)F)cc(C5CC5)c4c3NC(=O)C2S1. The van der Waals surface area contributed by atoms with Gasteiger partial charge in [-0.3, -0.25) is 9.79 Å². The predicted molar refractivity (Wildman–Crippen MR) is 106 cm³/mol. The van der Waals surface area contributed by atoms with Gasteiger partial charge in [-0.05, 0) is 30.4 Å². The Balaban J connectivity index is 1.72. The number of hydrogen-bond acceptors (Lipinski definition) is 5. The van der Waals surface area contributed by atoms with Crippen molar-refractivity contribution in [2.24, 2.45) is 9.98 Å². The second-order valence-corrected chi connectivity index (χ2v) is 8.67. The second kappa shape index (κ2) is 6.20. The van der Waals surface area contributed by atoms with Crippen LogP contribution in [0.4, 0.5) is 14.5 Å². The maximum Gasteiger partial charge on any atom is 0.280 e. The predicted octanol–water partition coefficient (Wildman–Crippen LogP) is 4.51. The van der Waals surface area contributed by atoms with E-state index in [4.69, 9.17) is 0 Å². The van der Waals surface area contributed by atoms with Crippen LogP contribution >= 0.6 is 23.1 Å². The molecule has 5 nitrogen and oxygen atoms in total. The standard InChI is InChI=1S/C18H14F2N4OS2/c1-2-5-21-18-24-12-13-11(23-16(25)14(12)27-18)10-8(7-3-4-7)6-9(15(19)20)22-17(10)26-13/h2,6-7,14-15H,1,3-5H2,(H,23,25). The number of rotatable bonds is 4. The number of amides is 1. The van der Waals surface area contributed by atoms with Crippen molar-refractivity contribution >= 4 is 55.8 Å². The number of hydrogen-bond donors (Lipinski definition) is 1. The second-order valence-electron chi connectivity index (χ2n) is 6.59. The lowest BCUT2D eigenvalue weighted by molar-refractivity contribution is -0.114. The highest BCUT2D eigenvalue weighted by molar-refractivity contribution is 8.16. The molecule has 1 N–H and O–H groups in total. The minimum atomic E-state index is -2.62. The zero-order valence-corrected chi connectivity index (χ0v) is 15.7. The number of amidine groups is 1. The van der Waals surface area contributed by atoms with E-state index in [-0.39, 0.29) is 17.5 Å². The van der Waals surface area contributed by atoms with E-state index in [0.717, 1.165) is 28.7 Å². The molecule has 2 aromatic rings. The van der Waals surface area contributed by atoms with Gasteiger partial charge in [0, 0.05) is 5.39 Å². The fourth-order valence-electron chi connectivity index (χ4n) is 3.38. The van der Waals surface area contributed by atoms with E-state index < -0.39 is 11.7 Å². The van der Waals surface area contributed by atoms with Crippen molar-refractivity contribution in [1.29, 1.82) is 0 Å². The van der Waals surface area contributed by atoms with Crippen LogP contribution in [0.15, 0.2) is 28.7 Å².